The molecule has 0 saturated carbocycles. The Kier molecular flexibility index (Phi) is 9.49. The van der Waals surface area contributed by atoms with Crippen molar-refractivity contribution in [2.24, 2.45) is 0 Å². The number of ether oxygens (including phenoxy) is 1. The van der Waals surface area contributed by atoms with Crippen LogP contribution in [0.25, 0.3) is 22.3 Å². The zero-order valence-corrected chi connectivity index (χ0v) is 20.8. The number of carbonyl (C=O) groups excluding carboxylic acids is 2. The lowest BCUT2D eigenvalue weighted by atomic mass is 10.1. The second-order valence-corrected chi connectivity index (χ2v) is 8.56. The van der Waals surface area contributed by atoms with E-state index in [9.17, 15) is 9.59 Å². The molecule has 0 aliphatic carbocycles. The Morgan fingerprint density at radius 3 is 1.27 bits per heavy atom. The number of carbonyl (C=O) groups is 2. The molecule has 0 saturated heterocycles. The number of hydrogen-bond donors (Lipinski definition) is 2. The highest BCUT2D eigenvalue weighted by atomic mass is 16.5. The van der Waals surface area contributed by atoms with E-state index < -0.39 is 0 Å². The highest BCUT2D eigenvalue weighted by Crippen LogP contribution is 2.17. The quantitative estimate of drug-likeness (QED) is 0.234. The minimum atomic E-state index is -0.0790. The van der Waals surface area contributed by atoms with Gasteiger partial charge in [0, 0.05) is 37.4 Å². The van der Waals surface area contributed by atoms with Crippen molar-refractivity contribution in [2.75, 3.05) is 26.3 Å². The van der Waals surface area contributed by atoms with Crippen LogP contribution in [0.4, 0.5) is 0 Å². The molecule has 37 heavy (non-hydrogen) atoms. The summed E-state index contributed by atoms with van der Waals surface area (Å²) in [5.41, 5.74) is 4.50. The molecule has 0 radical (unpaired) electrons. The van der Waals surface area contributed by atoms with Crippen LogP contribution in [0, 0.1) is 0 Å². The molecule has 7 nitrogen and oxygen atoms in total. The van der Waals surface area contributed by atoms with Crippen molar-refractivity contribution in [3.8, 4) is 22.3 Å². The average Bonchev–Trinajstić information content (AvgIpc) is 2.94. The number of rotatable bonds is 12. The number of nitrogens with zero attached hydrogens (tertiary/aromatic N) is 2. The van der Waals surface area contributed by atoms with Gasteiger partial charge < -0.3 is 15.4 Å². The fourth-order valence-corrected chi connectivity index (χ4v) is 3.84. The minimum absolute atomic E-state index is 0.0790. The topological polar surface area (TPSA) is 75.2 Å². The van der Waals surface area contributed by atoms with E-state index in [0.29, 0.717) is 26.3 Å². The third-order valence-electron chi connectivity index (χ3n) is 5.79. The first-order chi connectivity index (χ1) is 18.2. The van der Waals surface area contributed by atoms with Crippen molar-refractivity contribution in [1.29, 1.82) is 0 Å². The van der Waals surface area contributed by atoms with Gasteiger partial charge in [-0.05, 0) is 22.3 Å². The van der Waals surface area contributed by atoms with Gasteiger partial charge in [-0.15, -0.1) is 0 Å². The molecular formula is C30H32N4O3+2. The maximum atomic E-state index is 12.2. The summed E-state index contributed by atoms with van der Waals surface area (Å²) >= 11 is 0. The normalized spacial score (nSPS) is 10.6. The molecule has 7 heteroatoms. The van der Waals surface area contributed by atoms with Crippen LogP contribution in [0.5, 0.6) is 0 Å². The maximum absolute atomic E-state index is 12.2. The van der Waals surface area contributed by atoms with Gasteiger partial charge in [0.25, 0.3) is 11.8 Å². The molecule has 0 unspecified atom stereocenters. The van der Waals surface area contributed by atoms with Crippen LogP contribution in [0.1, 0.15) is 0 Å². The molecule has 2 aromatic heterocycles. The number of nitrogens with one attached hydrogen (secondary N) is 2. The molecule has 188 valence electrons. The molecule has 2 heterocycles. The van der Waals surface area contributed by atoms with Gasteiger partial charge in [0.15, 0.2) is 24.8 Å². The standard InChI is InChI=1S/C30H30N4O3/c35-29(23-33-17-11-27(12-18-33)25-7-3-1-4-8-25)31-15-21-37-22-16-32-30(36)24-34-19-13-28(14-20-34)26-9-5-2-6-10-26/h1-14,17-20H,15-16,21-24H2/p+2. The summed E-state index contributed by atoms with van der Waals surface area (Å²) in [6, 6.07) is 28.2. The predicted molar refractivity (Wildman–Crippen MR) is 141 cm³/mol. The second kappa shape index (κ2) is 13.7. The van der Waals surface area contributed by atoms with E-state index >= 15 is 0 Å². The van der Waals surface area contributed by atoms with Crippen LogP contribution in [0.3, 0.4) is 0 Å². The van der Waals surface area contributed by atoms with Crippen LogP contribution in [0.2, 0.25) is 0 Å². The van der Waals surface area contributed by atoms with E-state index in [1.807, 2.05) is 94.6 Å². The van der Waals surface area contributed by atoms with Gasteiger partial charge in [0.1, 0.15) is 0 Å². The summed E-state index contributed by atoms with van der Waals surface area (Å²) in [4.78, 5) is 24.3. The lowest BCUT2D eigenvalue weighted by Gasteiger charge is -2.07. The molecule has 0 atom stereocenters. The summed E-state index contributed by atoms with van der Waals surface area (Å²) in [6.45, 7) is 2.09. The molecule has 0 spiro atoms. The van der Waals surface area contributed by atoms with Gasteiger partial charge in [-0.3, -0.25) is 9.59 Å². The van der Waals surface area contributed by atoms with E-state index in [4.69, 9.17) is 4.74 Å². The van der Waals surface area contributed by atoms with E-state index in [0.717, 1.165) is 22.3 Å². The summed E-state index contributed by atoms with van der Waals surface area (Å²) in [7, 11) is 0. The Labute approximate surface area is 217 Å². The average molecular weight is 497 g/mol. The Morgan fingerprint density at radius 2 is 0.892 bits per heavy atom. The molecule has 2 amide bonds. The fraction of sp³-hybridized carbons (Fsp3) is 0.200. The Balaban J connectivity index is 1.06. The third-order valence-corrected chi connectivity index (χ3v) is 5.79. The van der Waals surface area contributed by atoms with E-state index in [1.54, 1.807) is 0 Å². The molecule has 4 rings (SSSR count). The lowest BCUT2D eigenvalue weighted by molar-refractivity contribution is -0.684. The van der Waals surface area contributed by atoms with Gasteiger partial charge in [-0.25, -0.2) is 0 Å². The number of pyridine rings is 2. The first kappa shape index (κ1) is 25.7. The fourth-order valence-electron chi connectivity index (χ4n) is 3.84. The van der Waals surface area contributed by atoms with Crippen LogP contribution in [-0.2, 0) is 27.4 Å². The van der Waals surface area contributed by atoms with Crippen molar-refractivity contribution in [1.82, 2.24) is 10.6 Å². The second-order valence-electron chi connectivity index (χ2n) is 8.56. The number of amides is 2. The zero-order valence-electron chi connectivity index (χ0n) is 20.8. The molecular weight excluding hydrogens is 464 g/mol. The molecule has 0 fully saturated rings. The van der Waals surface area contributed by atoms with Crippen molar-refractivity contribution in [2.45, 2.75) is 13.1 Å². The summed E-state index contributed by atoms with van der Waals surface area (Å²) in [5, 5.41) is 5.70. The van der Waals surface area contributed by atoms with Crippen molar-refractivity contribution in [3.05, 3.63) is 110 Å². The van der Waals surface area contributed by atoms with E-state index in [-0.39, 0.29) is 24.9 Å². The highest BCUT2D eigenvalue weighted by Gasteiger charge is 2.10. The SMILES string of the molecule is O=C(C[n+]1ccc(-c2ccccc2)cc1)NCCOCCNC(=O)C[n+]1ccc(-c2ccccc2)cc1. The predicted octanol–water partition coefficient (Wildman–Crippen LogP) is 2.54. The maximum Gasteiger partial charge on any atom is 0.286 e. The van der Waals surface area contributed by atoms with Crippen molar-refractivity contribution >= 4 is 11.8 Å². The minimum Gasteiger partial charge on any atom is -0.378 e. The van der Waals surface area contributed by atoms with Gasteiger partial charge in [0.2, 0.25) is 13.1 Å². The number of benzene rings is 2. The molecule has 0 aliphatic rings. The summed E-state index contributed by atoms with van der Waals surface area (Å²) in [5.74, 6) is -0.158. The van der Waals surface area contributed by atoms with E-state index in [2.05, 4.69) is 34.9 Å². The van der Waals surface area contributed by atoms with Crippen molar-refractivity contribution < 1.29 is 23.5 Å². The van der Waals surface area contributed by atoms with Gasteiger partial charge in [0.05, 0.1) is 13.2 Å². The zero-order chi connectivity index (χ0) is 25.7. The largest absolute Gasteiger partial charge is 0.378 e. The molecule has 0 bridgehead atoms. The molecule has 2 aromatic carbocycles. The monoisotopic (exact) mass is 496 g/mol. The number of aromatic nitrogens is 2. The number of hydrogen-bond acceptors (Lipinski definition) is 3. The summed E-state index contributed by atoms with van der Waals surface area (Å²) in [6.07, 6.45) is 7.60. The van der Waals surface area contributed by atoms with Crippen LogP contribution in [-0.4, -0.2) is 38.1 Å². The van der Waals surface area contributed by atoms with E-state index in [1.165, 1.54) is 0 Å². The first-order valence-corrected chi connectivity index (χ1v) is 12.4. The van der Waals surface area contributed by atoms with Crippen LogP contribution >= 0.6 is 0 Å². The van der Waals surface area contributed by atoms with Crippen molar-refractivity contribution in [3.63, 3.8) is 0 Å². The smallest absolute Gasteiger partial charge is 0.286 e. The highest BCUT2D eigenvalue weighted by molar-refractivity contribution is 5.74. The lowest BCUT2D eigenvalue weighted by Crippen LogP contribution is -2.43. The first-order valence-electron chi connectivity index (χ1n) is 12.4. The molecule has 2 N–H and O–H groups in total. The Morgan fingerprint density at radius 1 is 0.541 bits per heavy atom. The van der Waals surface area contributed by atoms with Crippen LogP contribution in [0.15, 0.2) is 110 Å². The Hall–Kier alpha value is -4.36. The summed E-state index contributed by atoms with van der Waals surface area (Å²) < 4.78 is 9.20. The third kappa shape index (κ3) is 8.37. The Bertz CT molecular complexity index is 1160. The molecule has 4 aromatic rings. The van der Waals surface area contributed by atoms with Crippen LogP contribution < -0.4 is 19.8 Å². The molecule has 0 aliphatic heterocycles. The van der Waals surface area contributed by atoms with Gasteiger partial charge in [-0.2, -0.15) is 9.13 Å². The van der Waals surface area contributed by atoms with Gasteiger partial charge in [-0.1, -0.05) is 60.7 Å². The van der Waals surface area contributed by atoms with Gasteiger partial charge >= 0.3 is 0 Å².